The average molecular weight is 403 g/mol. The lowest BCUT2D eigenvalue weighted by Gasteiger charge is -2.26. The number of carbonyl (C=O) groups excluding carboxylic acids is 1. The minimum absolute atomic E-state index is 0.208. The van der Waals surface area contributed by atoms with Gasteiger partial charge in [0.05, 0.1) is 4.90 Å². The molecule has 0 heterocycles. The van der Waals surface area contributed by atoms with Crippen molar-refractivity contribution in [1.82, 2.24) is 9.62 Å². The third-order valence-corrected chi connectivity index (χ3v) is 6.60. The van der Waals surface area contributed by atoms with Crippen LogP contribution in [-0.4, -0.2) is 38.4 Å². The number of amides is 1. The van der Waals surface area contributed by atoms with E-state index in [-0.39, 0.29) is 10.8 Å². The standard InChI is InChI=1S/C22H30N2O3S/c1-6-24(7-2)22(25)20(15-19-11-9-8-10-12-19)23-28(26,27)21-17(4)13-16(3)14-18(21)5/h8-14,20,23H,6-7,15H2,1-5H3. The fourth-order valence-electron chi connectivity index (χ4n) is 3.62. The van der Waals surface area contributed by atoms with Gasteiger partial charge >= 0.3 is 0 Å². The second-order valence-electron chi connectivity index (χ2n) is 7.10. The summed E-state index contributed by atoms with van der Waals surface area (Å²) in [6, 6.07) is 12.3. The van der Waals surface area contributed by atoms with Crippen LogP contribution < -0.4 is 4.72 Å². The SMILES string of the molecule is CCN(CC)C(=O)C(Cc1ccccc1)NS(=O)(=O)c1c(C)cc(C)cc1C. The topological polar surface area (TPSA) is 66.5 Å². The van der Waals surface area contributed by atoms with Crippen LogP contribution in [0.15, 0.2) is 47.4 Å². The Hall–Kier alpha value is -2.18. The van der Waals surface area contributed by atoms with Gasteiger partial charge in [-0.05, 0) is 57.7 Å². The first-order valence-electron chi connectivity index (χ1n) is 9.62. The summed E-state index contributed by atoms with van der Waals surface area (Å²) in [5.41, 5.74) is 3.28. The van der Waals surface area contributed by atoms with Gasteiger partial charge in [0.15, 0.2) is 0 Å². The molecule has 0 saturated heterocycles. The number of sulfonamides is 1. The van der Waals surface area contributed by atoms with Gasteiger partial charge in [0.1, 0.15) is 6.04 Å². The highest BCUT2D eigenvalue weighted by atomic mass is 32.2. The number of nitrogens with zero attached hydrogens (tertiary/aromatic N) is 1. The molecule has 1 amide bonds. The van der Waals surface area contributed by atoms with Crippen LogP contribution in [0.2, 0.25) is 0 Å². The zero-order chi connectivity index (χ0) is 20.9. The van der Waals surface area contributed by atoms with Crippen LogP contribution in [0.3, 0.4) is 0 Å². The summed E-state index contributed by atoms with van der Waals surface area (Å²) in [7, 11) is -3.85. The summed E-state index contributed by atoms with van der Waals surface area (Å²) in [5.74, 6) is -0.208. The van der Waals surface area contributed by atoms with Gasteiger partial charge in [0.2, 0.25) is 15.9 Å². The number of nitrogens with one attached hydrogen (secondary N) is 1. The first-order chi connectivity index (χ1) is 13.2. The molecule has 2 rings (SSSR count). The normalized spacial score (nSPS) is 12.6. The predicted molar refractivity (Wildman–Crippen MR) is 113 cm³/mol. The number of likely N-dealkylation sites (N-methyl/N-ethyl adjacent to an activating group) is 1. The summed E-state index contributed by atoms with van der Waals surface area (Å²) < 4.78 is 29.1. The van der Waals surface area contributed by atoms with Crippen LogP contribution in [-0.2, 0) is 21.2 Å². The van der Waals surface area contributed by atoms with Crippen molar-refractivity contribution in [2.45, 2.75) is 52.0 Å². The van der Waals surface area contributed by atoms with E-state index < -0.39 is 16.1 Å². The summed E-state index contributed by atoms with van der Waals surface area (Å²) in [4.78, 5) is 15.0. The lowest BCUT2D eigenvalue weighted by molar-refractivity contribution is -0.132. The lowest BCUT2D eigenvalue weighted by Crippen LogP contribution is -2.49. The fraction of sp³-hybridized carbons (Fsp3) is 0.409. The third-order valence-electron chi connectivity index (χ3n) is 4.83. The molecule has 0 aliphatic rings. The number of hydrogen-bond donors (Lipinski definition) is 1. The van der Waals surface area contributed by atoms with Crippen molar-refractivity contribution in [3.05, 3.63) is 64.7 Å². The van der Waals surface area contributed by atoms with E-state index in [4.69, 9.17) is 0 Å². The van der Waals surface area contributed by atoms with Gasteiger partial charge in [-0.1, -0.05) is 48.0 Å². The van der Waals surface area contributed by atoms with E-state index in [1.807, 2.05) is 63.2 Å². The van der Waals surface area contributed by atoms with Crippen LogP contribution in [0.25, 0.3) is 0 Å². The molecule has 0 radical (unpaired) electrons. The Balaban J connectivity index is 2.42. The fourth-order valence-corrected chi connectivity index (χ4v) is 5.26. The number of aryl methyl sites for hydroxylation is 3. The molecule has 28 heavy (non-hydrogen) atoms. The Labute approximate surface area is 168 Å². The second-order valence-corrected chi connectivity index (χ2v) is 8.75. The maximum atomic E-state index is 13.2. The Kier molecular flexibility index (Phi) is 7.38. The molecule has 2 aromatic carbocycles. The van der Waals surface area contributed by atoms with Crippen molar-refractivity contribution in [1.29, 1.82) is 0 Å². The molecule has 1 unspecified atom stereocenters. The molecule has 6 heteroatoms. The van der Waals surface area contributed by atoms with E-state index in [0.717, 1.165) is 11.1 Å². The molecular formula is C22H30N2O3S. The molecule has 0 saturated carbocycles. The van der Waals surface area contributed by atoms with E-state index in [9.17, 15) is 13.2 Å². The van der Waals surface area contributed by atoms with Crippen molar-refractivity contribution in [3.63, 3.8) is 0 Å². The molecule has 0 spiro atoms. The molecule has 0 fully saturated rings. The quantitative estimate of drug-likeness (QED) is 0.736. The monoisotopic (exact) mass is 402 g/mol. The largest absolute Gasteiger partial charge is 0.342 e. The number of carbonyl (C=O) groups is 1. The summed E-state index contributed by atoms with van der Waals surface area (Å²) in [6.07, 6.45) is 0.305. The highest BCUT2D eigenvalue weighted by Gasteiger charge is 2.30. The molecule has 0 bridgehead atoms. The summed E-state index contributed by atoms with van der Waals surface area (Å²) in [5, 5.41) is 0. The predicted octanol–water partition coefficient (Wildman–Crippen LogP) is 3.37. The molecule has 152 valence electrons. The van der Waals surface area contributed by atoms with Gasteiger partial charge in [0.25, 0.3) is 0 Å². The van der Waals surface area contributed by atoms with E-state index in [1.165, 1.54) is 0 Å². The smallest absolute Gasteiger partial charge is 0.241 e. The van der Waals surface area contributed by atoms with E-state index in [1.54, 1.807) is 18.7 Å². The van der Waals surface area contributed by atoms with Gasteiger partial charge in [-0.2, -0.15) is 4.72 Å². The second kappa shape index (κ2) is 9.34. The first kappa shape index (κ1) is 22.1. The van der Waals surface area contributed by atoms with Crippen LogP contribution in [0.5, 0.6) is 0 Å². The van der Waals surface area contributed by atoms with Crippen LogP contribution >= 0.6 is 0 Å². The van der Waals surface area contributed by atoms with Crippen molar-refractivity contribution in [2.75, 3.05) is 13.1 Å². The number of benzene rings is 2. The Morgan fingerprint density at radius 1 is 1.00 bits per heavy atom. The molecule has 0 aromatic heterocycles. The minimum Gasteiger partial charge on any atom is -0.342 e. The van der Waals surface area contributed by atoms with Crippen molar-refractivity contribution in [2.24, 2.45) is 0 Å². The highest BCUT2D eigenvalue weighted by molar-refractivity contribution is 7.89. The van der Waals surface area contributed by atoms with Crippen molar-refractivity contribution in [3.8, 4) is 0 Å². The minimum atomic E-state index is -3.85. The first-order valence-corrected chi connectivity index (χ1v) is 11.1. The van der Waals surface area contributed by atoms with Gasteiger partial charge < -0.3 is 4.90 Å². The maximum Gasteiger partial charge on any atom is 0.241 e. The summed E-state index contributed by atoms with van der Waals surface area (Å²) >= 11 is 0. The van der Waals surface area contributed by atoms with Gasteiger partial charge in [-0.25, -0.2) is 8.42 Å². The summed E-state index contributed by atoms with van der Waals surface area (Å²) in [6.45, 7) is 10.4. The molecule has 2 aromatic rings. The molecule has 0 aliphatic heterocycles. The zero-order valence-corrected chi connectivity index (χ0v) is 18.1. The van der Waals surface area contributed by atoms with E-state index in [0.29, 0.717) is 30.6 Å². The lowest BCUT2D eigenvalue weighted by atomic mass is 10.1. The Morgan fingerprint density at radius 2 is 1.54 bits per heavy atom. The molecule has 0 aliphatic carbocycles. The zero-order valence-electron chi connectivity index (χ0n) is 17.3. The van der Waals surface area contributed by atoms with E-state index in [2.05, 4.69) is 4.72 Å². The Morgan fingerprint density at radius 3 is 2.04 bits per heavy atom. The van der Waals surface area contributed by atoms with Crippen LogP contribution in [0, 0.1) is 20.8 Å². The van der Waals surface area contributed by atoms with Crippen molar-refractivity contribution >= 4 is 15.9 Å². The van der Waals surface area contributed by atoms with Gasteiger partial charge in [-0.3, -0.25) is 4.79 Å². The molecule has 1 N–H and O–H groups in total. The van der Waals surface area contributed by atoms with Gasteiger partial charge in [0, 0.05) is 13.1 Å². The van der Waals surface area contributed by atoms with Crippen molar-refractivity contribution < 1.29 is 13.2 Å². The number of hydrogen-bond acceptors (Lipinski definition) is 3. The third kappa shape index (κ3) is 5.20. The average Bonchev–Trinajstić information content (AvgIpc) is 2.61. The van der Waals surface area contributed by atoms with E-state index >= 15 is 0 Å². The van der Waals surface area contributed by atoms with Crippen LogP contribution in [0.4, 0.5) is 0 Å². The molecule has 1 atom stereocenters. The van der Waals surface area contributed by atoms with Gasteiger partial charge in [-0.15, -0.1) is 0 Å². The molecular weight excluding hydrogens is 372 g/mol. The van der Waals surface area contributed by atoms with Crippen LogP contribution in [0.1, 0.15) is 36.1 Å². The highest BCUT2D eigenvalue weighted by Crippen LogP contribution is 2.22. The Bertz CT molecular complexity index is 897. The molecule has 5 nitrogen and oxygen atoms in total. The maximum absolute atomic E-state index is 13.2. The number of rotatable bonds is 8.